The Morgan fingerprint density at radius 2 is 0.705 bits per heavy atom. The summed E-state index contributed by atoms with van der Waals surface area (Å²) in [6.07, 6.45) is 0. The first-order valence-electron chi connectivity index (χ1n) is 15.3. The van der Waals surface area contributed by atoms with Gasteiger partial charge in [-0.15, -0.1) is 0 Å². The molecule has 4 aromatic heterocycles. The van der Waals surface area contributed by atoms with Gasteiger partial charge in [-0.05, 0) is 58.7 Å². The predicted molar refractivity (Wildman–Crippen MR) is 187 cm³/mol. The molecule has 7 aromatic carbocycles. The minimum atomic E-state index is 1.24. The molecule has 2 nitrogen and oxygen atoms in total. The first kappa shape index (κ1) is 22.7. The summed E-state index contributed by atoms with van der Waals surface area (Å²) >= 11 is 0. The highest BCUT2D eigenvalue weighted by molar-refractivity contribution is 6.25. The molecule has 202 valence electrons. The second kappa shape index (κ2) is 7.94. The first-order chi connectivity index (χ1) is 21.8. The topological polar surface area (TPSA) is 8.82 Å². The summed E-state index contributed by atoms with van der Waals surface area (Å²) in [5.41, 5.74) is 12.7. The molecule has 0 unspecified atom stereocenters. The number of nitrogens with zero attached hydrogens (tertiary/aromatic N) is 2. The van der Waals surface area contributed by atoms with Crippen molar-refractivity contribution >= 4 is 76.2 Å². The van der Waals surface area contributed by atoms with E-state index in [-0.39, 0.29) is 0 Å². The number of hydrogen-bond donors (Lipinski definition) is 0. The summed E-state index contributed by atoms with van der Waals surface area (Å²) in [6, 6.07) is 53.9. The zero-order valence-corrected chi connectivity index (χ0v) is 23.8. The molecule has 0 aliphatic rings. The minimum absolute atomic E-state index is 1.24. The maximum Gasteiger partial charge on any atom is 0.0620 e. The SMILES string of the molecule is c1ccc(-c2ccc3c(c2)c2cccc4c5ccc(-c6ccc7c(c6)c6cccc8c9ccccc9n7c86)cc5n3c24)cc1. The Bertz CT molecular complexity index is 2920. The smallest absolute Gasteiger partial charge is 0.0620 e. The quantitative estimate of drug-likeness (QED) is 0.200. The van der Waals surface area contributed by atoms with Crippen molar-refractivity contribution in [1.29, 1.82) is 0 Å². The summed E-state index contributed by atoms with van der Waals surface area (Å²) in [6.45, 7) is 0. The van der Waals surface area contributed by atoms with E-state index in [2.05, 4.69) is 154 Å². The van der Waals surface area contributed by atoms with E-state index >= 15 is 0 Å². The van der Waals surface area contributed by atoms with Crippen LogP contribution in [0.25, 0.3) is 98.4 Å². The monoisotopic (exact) mass is 556 g/mol. The molecule has 44 heavy (non-hydrogen) atoms. The molecule has 2 heteroatoms. The number of para-hydroxylation sites is 3. The molecule has 11 aromatic rings. The molecule has 0 atom stereocenters. The average Bonchev–Trinajstić information content (AvgIpc) is 3.81. The van der Waals surface area contributed by atoms with E-state index in [1.165, 1.54) is 98.4 Å². The molecule has 0 fully saturated rings. The molecule has 11 rings (SSSR count). The van der Waals surface area contributed by atoms with Crippen molar-refractivity contribution < 1.29 is 0 Å². The van der Waals surface area contributed by atoms with Crippen molar-refractivity contribution in [2.45, 2.75) is 0 Å². The fourth-order valence-corrected chi connectivity index (χ4v) is 8.08. The number of fused-ring (bicyclic) bond motifs is 12. The van der Waals surface area contributed by atoms with E-state index < -0.39 is 0 Å². The third-order valence-corrected chi connectivity index (χ3v) is 9.98. The molecule has 0 aliphatic carbocycles. The van der Waals surface area contributed by atoms with Crippen LogP contribution < -0.4 is 0 Å². The Balaban J connectivity index is 1.17. The van der Waals surface area contributed by atoms with Crippen molar-refractivity contribution in [3.8, 4) is 22.3 Å². The summed E-state index contributed by atoms with van der Waals surface area (Å²) in [4.78, 5) is 0. The van der Waals surface area contributed by atoms with Crippen molar-refractivity contribution in [2.75, 3.05) is 0 Å². The molecule has 0 radical (unpaired) electrons. The lowest BCUT2D eigenvalue weighted by Crippen LogP contribution is -1.84. The largest absolute Gasteiger partial charge is 0.308 e. The number of hydrogen-bond acceptors (Lipinski definition) is 0. The van der Waals surface area contributed by atoms with Crippen LogP contribution in [0, 0.1) is 0 Å². The zero-order chi connectivity index (χ0) is 28.5. The van der Waals surface area contributed by atoms with Gasteiger partial charge in [0, 0.05) is 43.1 Å². The molecule has 0 N–H and O–H groups in total. The van der Waals surface area contributed by atoms with Gasteiger partial charge in [-0.3, -0.25) is 0 Å². The van der Waals surface area contributed by atoms with Crippen LogP contribution in [0.5, 0.6) is 0 Å². The Kier molecular flexibility index (Phi) is 4.10. The maximum absolute atomic E-state index is 2.49. The van der Waals surface area contributed by atoms with Crippen molar-refractivity contribution in [3.63, 3.8) is 0 Å². The van der Waals surface area contributed by atoms with Gasteiger partial charge in [-0.2, -0.15) is 0 Å². The van der Waals surface area contributed by atoms with Gasteiger partial charge < -0.3 is 8.80 Å². The van der Waals surface area contributed by atoms with Gasteiger partial charge >= 0.3 is 0 Å². The molecule has 0 spiro atoms. The average molecular weight is 557 g/mol. The normalized spacial score (nSPS) is 12.5. The summed E-state index contributed by atoms with van der Waals surface area (Å²) < 4.78 is 4.93. The first-order valence-corrected chi connectivity index (χ1v) is 15.3. The summed E-state index contributed by atoms with van der Waals surface area (Å²) in [5, 5.41) is 10.5. The molecule has 0 saturated carbocycles. The second-order valence-electron chi connectivity index (χ2n) is 12.2. The lowest BCUT2D eigenvalue weighted by molar-refractivity contribution is 1.37. The van der Waals surface area contributed by atoms with Crippen LogP contribution in [0.1, 0.15) is 0 Å². The molecular formula is C42H24N2. The van der Waals surface area contributed by atoms with Crippen LogP contribution >= 0.6 is 0 Å². The van der Waals surface area contributed by atoms with Gasteiger partial charge in [0.2, 0.25) is 0 Å². The van der Waals surface area contributed by atoms with Crippen molar-refractivity contribution in [1.82, 2.24) is 8.80 Å². The Labute approximate surface area is 252 Å². The minimum Gasteiger partial charge on any atom is -0.308 e. The van der Waals surface area contributed by atoms with E-state index in [9.17, 15) is 0 Å². The van der Waals surface area contributed by atoms with E-state index in [0.717, 1.165) is 0 Å². The van der Waals surface area contributed by atoms with E-state index in [1.54, 1.807) is 0 Å². The Morgan fingerprint density at radius 1 is 0.250 bits per heavy atom. The van der Waals surface area contributed by atoms with Crippen LogP contribution in [0.2, 0.25) is 0 Å². The predicted octanol–water partition coefficient (Wildman–Crippen LogP) is 11.3. The molecular weight excluding hydrogens is 532 g/mol. The van der Waals surface area contributed by atoms with E-state index in [4.69, 9.17) is 0 Å². The van der Waals surface area contributed by atoms with Crippen LogP contribution in [0.4, 0.5) is 0 Å². The van der Waals surface area contributed by atoms with Gasteiger partial charge in [0.05, 0.1) is 33.1 Å². The van der Waals surface area contributed by atoms with Crippen molar-refractivity contribution in [3.05, 3.63) is 146 Å². The number of benzene rings is 7. The molecule has 4 heterocycles. The van der Waals surface area contributed by atoms with Gasteiger partial charge in [0.25, 0.3) is 0 Å². The highest BCUT2D eigenvalue weighted by Gasteiger charge is 2.20. The molecule has 0 aliphatic heterocycles. The van der Waals surface area contributed by atoms with Gasteiger partial charge in [0.1, 0.15) is 0 Å². The molecule has 0 amide bonds. The fourth-order valence-electron chi connectivity index (χ4n) is 8.08. The lowest BCUT2D eigenvalue weighted by Gasteiger charge is -2.06. The standard InChI is InChI=1S/C42H24N2/c1-2-8-25(9-3-1)26-17-20-39-35(22-26)34-14-7-12-32-30-19-16-28(24-40(30)44(39)42(32)34)27-18-21-38-36(23-27)33-13-6-11-31-29-10-4-5-15-37(29)43(38)41(31)33/h1-24H. The van der Waals surface area contributed by atoms with E-state index in [0.29, 0.717) is 0 Å². The van der Waals surface area contributed by atoms with Crippen LogP contribution in [-0.2, 0) is 0 Å². The number of aromatic nitrogens is 2. The van der Waals surface area contributed by atoms with Crippen LogP contribution in [0.3, 0.4) is 0 Å². The van der Waals surface area contributed by atoms with Gasteiger partial charge in [-0.1, -0.05) is 109 Å². The summed E-state index contributed by atoms with van der Waals surface area (Å²) in [7, 11) is 0. The van der Waals surface area contributed by atoms with E-state index in [1.807, 2.05) is 0 Å². The maximum atomic E-state index is 2.49. The highest BCUT2D eigenvalue weighted by atomic mass is 14.9. The third kappa shape index (κ3) is 2.72. The Hall–Kier alpha value is -5.86. The van der Waals surface area contributed by atoms with Crippen molar-refractivity contribution in [2.24, 2.45) is 0 Å². The van der Waals surface area contributed by atoms with Crippen LogP contribution in [-0.4, -0.2) is 8.80 Å². The van der Waals surface area contributed by atoms with Gasteiger partial charge in [-0.25, -0.2) is 0 Å². The number of rotatable bonds is 2. The third-order valence-electron chi connectivity index (χ3n) is 9.98. The van der Waals surface area contributed by atoms with Crippen LogP contribution in [0.15, 0.2) is 146 Å². The summed E-state index contributed by atoms with van der Waals surface area (Å²) in [5.74, 6) is 0. The fraction of sp³-hybridized carbons (Fsp3) is 0. The Morgan fingerprint density at radius 3 is 1.39 bits per heavy atom. The second-order valence-corrected chi connectivity index (χ2v) is 12.2. The van der Waals surface area contributed by atoms with Gasteiger partial charge in [0.15, 0.2) is 0 Å². The highest BCUT2D eigenvalue weighted by Crippen LogP contribution is 2.43. The lowest BCUT2D eigenvalue weighted by atomic mass is 9.99. The zero-order valence-electron chi connectivity index (χ0n) is 23.8. The molecule has 0 bridgehead atoms. The molecule has 0 saturated heterocycles.